The van der Waals surface area contributed by atoms with Gasteiger partial charge in [0.1, 0.15) is 5.75 Å². The molecular formula is C28H32N2O3. The summed E-state index contributed by atoms with van der Waals surface area (Å²) >= 11 is 0. The van der Waals surface area contributed by atoms with Gasteiger partial charge in [0.25, 0.3) is 0 Å². The summed E-state index contributed by atoms with van der Waals surface area (Å²) in [5.41, 5.74) is 4.57. The van der Waals surface area contributed by atoms with Crippen LogP contribution in [0.4, 0.5) is 5.69 Å². The highest BCUT2D eigenvalue weighted by Crippen LogP contribution is 2.49. The average molecular weight is 445 g/mol. The molecule has 0 fully saturated rings. The Labute approximate surface area is 195 Å². The maximum atomic E-state index is 13.7. The van der Waals surface area contributed by atoms with E-state index >= 15 is 0 Å². The van der Waals surface area contributed by atoms with E-state index in [1.807, 2.05) is 62.4 Å². The second kappa shape index (κ2) is 8.89. The van der Waals surface area contributed by atoms with Crippen molar-refractivity contribution in [3.63, 3.8) is 0 Å². The van der Waals surface area contributed by atoms with Crippen molar-refractivity contribution in [2.24, 2.45) is 11.3 Å². The Morgan fingerprint density at radius 1 is 1.15 bits per heavy atom. The Morgan fingerprint density at radius 3 is 2.58 bits per heavy atom. The molecule has 2 unspecified atom stereocenters. The van der Waals surface area contributed by atoms with Gasteiger partial charge in [-0.05, 0) is 43.4 Å². The number of anilines is 1. The summed E-state index contributed by atoms with van der Waals surface area (Å²) in [6.45, 7) is 12.8. The quantitative estimate of drug-likeness (QED) is 0.640. The normalized spacial score (nSPS) is 21.8. The molecule has 0 radical (unpaired) electrons. The summed E-state index contributed by atoms with van der Waals surface area (Å²) in [7, 11) is 0. The van der Waals surface area contributed by atoms with Crippen molar-refractivity contribution in [3.05, 3.63) is 83.2 Å². The Balaban J connectivity index is 1.84. The van der Waals surface area contributed by atoms with Crippen LogP contribution in [-0.4, -0.2) is 18.3 Å². The SMILES string of the molecule is C=C1NC2=C(C(=O)CC(C)(C)C2)C(c2ccccc2OCC)C1C(=O)Nc1ccccc1C. The lowest BCUT2D eigenvalue weighted by Crippen LogP contribution is -2.44. The number of allylic oxidation sites excluding steroid dienone is 2. The maximum Gasteiger partial charge on any atom is 0.234 e. The highest BCUT2D eigenvalue weighted by Gasteiger charge is 2.46. The molecule has 0 spiro atoms. The fourth-order valence-electron chi connectivity index (χ4n) is 5.04. The molecule has 2 aromatic rings. The molecule has 5 heteroatoms. The van der Waals surface area contributed by atoms with Gasteiger partial charge in [0.15, 0.2) is 5.78 Å². The fourth-order valence-corrected chi connectivity index (χ4v) is 5.04. The van der Waals surface area contributed by atoms with Crippen molar-refractivity contribution in [1.29, 1.82) is 0 Å². The third-order valence-electron chi connectivity index (χ3n) is 6.49. The molecule has 1 heterocycles. The Hall–Kier alpha value is -3.34. The van der Waals surface area contributed by atoms with Crippen LogP contribution in [0.15, 0.2) is 72.1 Å². The smallest absolute Gasteiger partial charge is 0.234 e. The van der Waals surface area contributed by atoms with E-state index in [1.54, 1.807) is 0 Å². The predicted octanol–water partition coefficient (Wildman–Crippen LogP) is 5.49. The first kappa shape index (κ1) is 22.8. The van der Waals surface area contributed by atoms with E-state index in [0.717, 1.165) is 28.9 Å². The number of carbonyl (C=O) groups excluding carboxylic acids is 2. The lowest BCUT2D eigenvalue weighted by molar-refractivity contribution is -0.120. The van der Waals surface area contributed by atoms with Crippen molar-refractivity contribution in [1.82, 2.24) is 5.32 Å². The van der Waals surface area contributed by atoms with Crippen LogP contribution < -0.4 is 15.4 Å². The van der Waals surface area contributed by atoms with Crippen molar-refractivity contribution in [2.45, 2.75) is 46.5 Å². The van der Waals surface area contributed by atoms with Gasteiger partial charge in [-0.2, -0.15) is 0 Å². The standard InChI is InChI=1S/C28H32N2O3/c1-6-33-23-14-10-8-12-19(23)25-24(27(32)30-20-13-9-7-11-17(20)2)18(3)29-21-15-28(4,5)16-22(31)26(21)25/h7-14,24-25,29H,3,6,15-16H2,1-2,4-5H3,(H,30,32). The van der Waals surface area contributed by atoms with Crippen molar-refractivity contribution < 1.29 is 14.3 Å². The Bertz CT molecular complexity index is 1150. The van der Waals surface area contributed by atoms with Gasteiger partial charge in [-0.3, -0.25) is 9.59 Å². The number of hydrogen-bond donors (Lipinski definition) is 2. The van der Waals surface area contributed by atoms with Crippen molar-refractivity contribution in [2.75, 3.05) is 11.9 Å². The first-order valence-corrected chi connectivity index (χ1v) is 11.5. The zero-order chi connectivity index (χ0) is 23.8. The number of nitrogens with one attached hydrogen (secondary N) is 2. The molecule has 0 aromatic heterocycles. The van der Waals surface area contributed by atoms with E-state index in [-0.39, 0.29) is 17.1 Å². The molecule has 2 aliphatic rings. The van der Waals surface area contributed by atoms with Crippen LogP contribution in [-0.2, 0) is 9.59 Å². The minimum Gasteiger partial charge on any atom is -0.494 e. The maximum absolute atomic E-state index is 13.7. The van der Waals surface area contributed by atoms with Gasteiger partial charge < -0.3 is 15.4 Å². The van der Waals surface area contributed by atoms with Gasteiger partial charge in [-0.25, -0.2) is 0 Å². The lowest BCUT2D eigenvalue weighted by atomic mass is 9.66. The van der Waals surface area contributed by atoms with Crippen LogP contribution >= 0.6 is 0 Å². The molecule has 172 valence electrons. The van der Waals surface area contributed by atoms with Gasteiger partial charge in [0, 0.05) is 40.6 Å². The summed E-state index contributed by atoms with van der Waals surface area (Å²) in [5.74, 6) is -0.550. The summed E-state index contributed by atoms with van der Waals surface area (Å²) in [6, 6.07) is 15.4. The second-order valence-corrected chi connectivity index (χ2v) is 9.71. The number of hydrogen-bond acceptors (Lipinski definition) is 4. The van der Waals surface area contributed by atoms with Crippen LogP contribution in [0.1, 0.15) is 50.7 Å². The number of Topliss-reactive ketones (excluding diaryl/α,β-unsaturated/α-hetero) is 1. The van der Waals surface area contributed by atoms with E-state index in [1.165, 1.54) is 0 Å². The van der Waals surface area contributed by atoms with Gasteiger partial charge in [0.05, 0.1) is 12.5 Å². The summed E-state index contributed by atoms with van der Waals surface area (Å²) in [5, 5.41) is 6.42. The molecule has 0 bridgehead atoms. The van der Waals surface area contributed by atoms with E-state index < -0.39 is 11.8 Å². The second-order valence-electron chi connectivity index (χ2n) is 9.71. The topological polar surface area (TPSA) is 67.4 Å². The molecule has 1 aliphatic carbocycles. The van der Waals surface area contributed by atoms with Gasteiger partial charge in [0.2, 0.25) is 5.91 Å². The summed E-state index contributed by atoms with van der Waals surface area (Å²) in [4.78, 5) is 27.2. The minimum absolute atomic E-state index is 0.0752. The van der Waals surface area contributed by atoms with Crippen molar-refractivity contribution in [3.8, 4) is 5.75 Å². The number of ether oxygens (including phenoxy) is 1. The zero-order valence-electron chi connectivity index (χ0n) is 19.8. The van der Waals surface area contributed by atoms with E-state index in [9.17, 15) is 9.59 Å². The number of aryl methyl sites for hydroxylation is 1. The summed E-state index contributed by atoms with van der Waals surface area (Å²) < 4.78 is 5.93. The Kier molecular flexibility index (Phi) is 6.15. The zero-order valence-corrected chi connectivity index (χ0v) is 19.8. The van der Waals surface area contributed by atoms with E-state index in [4.69, 9.17) is 4.74 Å². The molecule has 1 amide bonds. The molecule has 2 aromatic carbocycles. The largest absolute Gasteiger partial charge is 0.494 e. The first-order valence-electron chi connectivity index (χ1n) is 11.5. The molecule has 0 saturated carbocycles. The number of para-hydroxylation sites is 2. The number of ketones is 1. The first-order chi connectivity index (χ1) is 15.7. The van der Waals surface area contributed by atoms with Crippen LogP contribution in [0, 0.1) is 18.3 Å². The highest BCUT2D eigenvalue weighted by atomic mass is 16.5. The molecule has 5 nitrogen and oxygen atoms in total. The van der Waals surface area contributed by atoms with E-state index in [0.29, 0.717) is 30.0 Å². The molecule has 2 N–H and O–H groups in total. The lowest BCUT2D eigenvalue weighted by Gasteiger charge is -2.42. The van der Waals surface area contributed by atoms with Crippen LogP contribution in [0.25, 0.3) is 0 Å². The fraction of sp³-hybridized carbons (Fsp3) is 0.357. The predicted molar refractivity (Wildman–Crippen MR) is 131 cm³/mol. The van der Waals surface area contributed by atoms with Gasteiger partial charge >= 0.3 is 0 Å². The molecule has 0 saturated heterocycles. The summed E-state index contributed by atoms with van der Waals surface area (Å²) in [6.07, 6.45) is 1.17. The molecular weight excluding hydrogens is 412 g/mol. The van der Waals surface area contributed by atoms with E-state index in [2.05, 4.69) is 31.1 Å². The number of amides is 1. The van der Waals surface area contributed by atoms with Crippen LogP contribution in [0.5, 0.6) is 5.75 Å². The molecule has 1 aliphatic heterocycles. The monoisotopic (exact) mass is 444 g/mol. The number of rotatable bonds is 5. The van der Waals surface area contributed by atoms with Gasteiger partial charge in [-0.1, -0.05) is 56.8 Å². The molecule has 2 atom stereocenters. The number of carbonyl (C=O) groups is 2. The van der Waals surface area contributed by atoms with Crippen molar-refractivity contribution >= 4 is 17.4 Å². The third kappa shape index (κ3) is 4.45. The highest BCUT2D eigenvalue weighted by molar-refractivity contribution is 6.03. The molecule has 4 rings (SSSR count). The van der Waals surface area contributed by atoms with Crippen LogP contribution in [0.3, 0.4) is 0 Å². The third-order valence-corrected chi connectivity index (χ3v) is 6.49. The van der Waals surface area contributed by atoms with Gasteiger partial charge in [-0.15, -0.1) is 0 Å². The number of benzene rings is 2. The van der Waals surface area contributed by atoms with Crippen LogP contribution in [0.2, 0.25) is 0 Å². The minimum atomic E-state index is -0.657. The Morgan fingerprint density at radius 2 is 1.85 bits per heavy atom. The molecule has 33 heavy (non-hydrogen) atoms. The average Bonchev–Trinajstić information content (AvgIpc) is 2.74.